The molecule has 0 aliphatic heterocycles. The lowest BCUT2D eigenvalue weighted by atomic mass is 10.1. The number of pyridine rings is 2. The third kappa shape index (κ3) is 1.87. The lowest BCUT2D eigenvalue weighted by molar-refractivity contribution is 1.32. The summed E-state index contributed by atoms with van der Waals surface area (Å²) in [5.41, 5.74) is 1.95. The summed E-state index contributed by atoms with van der Waals surface area (Å²) in [6, 6.07) is 14.0. The molecule has 17 heavy (non-hydrogen) atoms. The van der Waals surface area contributed by atoms with Crippen molar-refractivity contribution in [2.45, 2.75) is 0 Å². The van der Waals surface area contributed by atoms with Crippen molar-refractivity contribution in [3.05, 3.63) is 60.0 Å². The highest BCUT2D eigenvalue weighted by Crippen LogP contribution is 2.26. The Labute approximate surface area is 104 Å². The Morgan fingerprint density at radius 3 is 2.65 bits per heavy atom. The quantitative estimate of drug-likeness (QED) is 0.602. The Balaban J connectivity index is 2.26. The van der Waals surface area contributed by atoms with Crippen molar-refractivity contribution in [1.82, 2.24) is 9.97 Å². The van der Waals surface area contributed by atoms with Gasteiger partial charge in [0.05, 0.1) is 5.69 Å². The van der Waals surface area contributed by atoms with Crippen LogP contribution < -0.4 is 0 Å². The molecule has 2 nitrogen and oxygen atoms in total. The summed E-state index contributed by atoms with van der Waals surface area (Å²) in [7, 11) is 0. The van der Waals surface area contributed by atoms with E-state index in [4.69, 9.17) is 11.6 Å². The van der Waals surface area contributed by atoms with Gasteiger partial charge in [0.15, 0.2) is 0 Å². The molecule has 0 amide bonds. The number of rotatable bonds is 1. The molecule has 0 saturated carbocycles. The summed E-state index contributed by atoms with van der Waals surface area (Å²) >= 11 is 6.16. The van der Waals surface area contributed by atoms with Crippen LogP contribution in [0.1, 0.15) is 0 Å². The number of aromatic nitrogens is 2. The molecule has 0 atom stereocenters. The zero-order valence-electron chi connectivity index (χ0n) is 8.97. The molecule has 0 saturated heterocycles. The Hall–Kier alpha value is -1.93. The number of nitrogens with zero attached hydrogens (tertiary/aromatic N) is 2. The van der Waals surface area contributed by atoms with Gasteiger partial charge in [-0.25, -0.2) is 4.98 Å². The standard InChI is InChI=1S/C14H9ClN2/c15-14-12-9-16-7-6-11(12)8-13(17-14)10-4-2-1-3-5-10/h1-9H. The Morgan fingerprint density at radius 1 is 1.00 bits per heavy atom. The monoisotopic (exact) mass is 240 g/mol. The SMILES string of the molecule is Clc1nc(-c2ccccc2)cc2ccncc12. The Kier molecular flexibility index (Phi) is 2.50. The summed E-state index contributed by atoms with van der Waals surface area (Å²) in [5, 5.41) is 2.43. The van der Waals surface area contributed by atoms with Crippen molar-refractivity contribution >= 4 is 22.4 Å². The van der Waals surface area contributed by atoms with Gasteiger partial charge in [-0.05, 0) is 17.5 Å². The van der Waals surface area contributed by atoms with Crippen LogP contribution in [0.2, 0.25) is 5.15 Å². The van der Waals surface area contributed by atoms with Crippen LogP contribution >= 0.6 is 11.6 Å². The molecule has 82 valence electrons. The van der Waals surface area contributed by atoms with Crippen LogP contribution in [-0.2, 0) is 0 Å². The minimum Gasteiger partial charge on any atom is -0.264 e. The molecule has 3 heteroatoms. The van der Waals surface area contributed by atoms with Gasteiger partial charge in [-0.15, -0.1) is 0 Å². The van der Waals surface area contributed by atoms with E-state index in [2.05, 4.69) is 9.97 Å². The van der Waals surface area contributed by atoms with Gasteiger partial charge in [-0.1, -0.05) is 41.9 Å². The third-order valence-corrected chi connectivity index (χ3v) is 2.95. The van der Waals surface area contributed by atoms with Gasteiger partial charge in [-0.3, -0.25) is 4.98 Å². The van der Waals surface area contributed by atoms with Crippen molar-refractivity contribution in [1.29, 1.82) is 0 Å². The average molecular weight is 241 g/mol. The van der Waals surface area contributed by atoms with Gasteiger partial charge in [0.1, 0.15) is 5.15 Å². The van der Waals surface area contributed by atoms with Crippen LogP contribution in [0, 0.1) is 0 Å². The van der Waals surface area contributed by atoms with E-state index in [1.165, 1.54) is 0 Å². The molecule has 2 aromatic heterocycles. The van der Waals surface area contributed by atoms with Crippen LogP contribution in [0.3, 0.4) is 0 Å². The predicted molar refractivity (Wildman–Crippen MR) is 70.0 cm³/mol. The smallest absolute Gasteiger partial charge is 0.139 e. The number of hydrogen-bond acceptors (Lipinski definition) is 2. The van der Waals surface area contributed by atoms with Crippen LogP contribution in [0.4, 0.5) is 0 Å². The van der Waals surface area contributed by atoms with Crippen molar-refractivity contribution in [3.8, 4) is 11.3 Å². The van der Waals surface area contributed by atoms with E-state index in [9.17, 15) is 0 Å². The molecule has 0 aliphatic carbocycles. The molecule has 0 bridgehead atoms. The van der Waals surface area contributed by atoms with Crippen LogP contribution in [0.5, 0.6) is 0 Å². The van der Waals surface area contributed by atoms with Crippen LogP contribution in [0.15, 0.2) is 54.9 Å². The molecular weight excluding hydrogens is 232 g/mol. The highest BCUT2D eigenvalue weighted by molar-refractivity contribution is 6.34. The predicted octanol–water partition coefficient (Wildman–Crippen LogP) is 3.95. The fourth-order valence-electron chi connectivity index (χ4n) is 1.81. The van der Waals surface area contributed by atoms with Crippen LogP contribution in [0.25, 0.3) is 22.0 Å². The second-order valence-electron chi connectivity index (χ2n) is 3.76. The van der Waals surface area contributed by atoms with E-state index in [0.29, 0.717) is 5.15 Å². The van der Waals surface area contributed by atoms with Gasteiger partial charge in [0, 0.05) is 23.3 Å². The number of hydrogen-bond donors (Lipinski definition) is 0. The van der Waals surface area contributed by atoms with Crippen molar-refractivity contribution in [2.24, 2.45) is 0 Å². The molecule has 3 aromatic rings. The first kappa shape index (κ1) is 10.2. The number of halogens is 1. The molecule has 0 aliphatic rings. The molecular formula is C14H9ClN2. The minimum absolute atomic E-state index is 0.495. The van der Waals surface area contributed by atoms with E-state index in [-0.39, 0.29) is 0 Å². The molecule has 0 fully saturated rings. The lowest BCUT2D eigenvalue weighted by Crippen LogP contribution is -1.86. The first-order valence-corrected chi connectivity index (χ1v) is 5.68. The second-order valence-corrected chi connectivity index (χ2v) is 4.12. The third-order valence-electron chi connectivity index (χ3n) is 2.66. The van der Waals surface area contributed by atoms with Gasteiger partial charge in [0.2, 0.25) is 0 Å². The van der Waals surface area contributed by atoms with E-state index in [1.807, 2.05) is 42.5 Å². The second kappa shape index (κ2) is 4.15. The Morgan fingerprint density at radius 2 is 1.82 bits per heavy atom. The summed E-state index contributed by atoms with van der Waals surface area (Å²) in [4.78, 5) is 8.45. The van der Waals surface area contributed by atoms with E-state index in [0.717, 1.165) is 22.0 Å². The van der Waals surface area contributed by atoms with E-state index >= 15 is 0 Å². The van der Waals surface area contributed by atoms with E-state index in [1.54, 1.807) is 12.4 Å². The van der Waals surface area contributed by atoms with Crippen molar-refractivity contribution in [2.75, 3.05) is 0 Å². The first-order chi connectivity index (χ1) is 8.34. The fraction of sp³-hybridized carbons (Fsp3) is 0. The van der Waals surface area contributed by atoms with Crippen molar-refractivity contribution in [3.63, 3.8) is 0 Å². The topological polar surface area (TPSA) is 25.8 Å². The zero-order valence-corrected chi connectivity index (χ0v) is 9.72. The molecule has 0 spiro atoms. The summed E-state index contributed by atoms with van der Waals surface area (Å²) in [6.07, 6.45) is 3.49. The van der Waals surface area contributed by atoms with Gasteiger partial charge in [-0.2, -0.15) is 0 Å². The zero-order chi connectivity index (χ0) is 11.7. The number of fused-ring (bicyclic) bond motifs is 1. The summed E-state index contributed by atoms with van der Waals surface area (Å²) in [6.45, 7) is 0. The van der Waals surface area contributed by atoms with Crippen LogP contribution in [-0.4, -0.2) is 9.97 Å². The highest BCUT2D eigenvalue weighted by Gasteiger charge is 2.05. The molecule has 0 unspecified atom stereocenters. The summed E-state index contributed by atoms with van der Waals surface area (Å²) < 4.78 is 0. The summed E-state index contributed by atoms with van der Waals surface area (Å²) in [5.74, 6) is 0. The maximum Gasteiger partial charge on any atom is 0.139 e. The maximum atomic E-state index is 6.16. The normalized spacial score (nSPS) is 10.6. The molecule has 3 rings (SSSR count). The van der Waals surface area contributed by atoms with E-state index < -0.39 is 0 Å². The molecule has 0 radical (unpaired) electrons. The van der Waals surface area contributed by atoms with Gasteiger partial charge >= 0.3 is 0 Å². The maximum absolute atomic E-state index is 6.16. The molecule has 2 heterocycles. The molecule has 1 aromatic carbocycles. The first-order valence-electron chi connectivity index (χ1n) is 5.30. The van der Waals surface area contributed by atoms with Gasteiger partial charge in [0.25, 0.3) is 0 Å². The highest BCUT2D eigenvalue weighted by atomic mass is 35.5. The average Bonchev–Trinajstić information content (AvgIpc) is 2.40. The fourth-order valence-corrected chi connectivity index (χ4v) is 2.05. The Bertz CT molecular complexity index is 665. The largest absolute Gasteiger partial charge is 0.264 e. The molecule has 0 N–H and O–H groups in total. The van der Waals surface area contributed by atoms with Crippen molar-refractivity contribution < 1.29 is 0 Å². The number of benzene rings is 1. The van der Waals surface area contributed by atoms with Gasteiger partial charge < -0.3 is 0 Å². The minimum atomic E-state index is 0.495. The lowest BCUT2D eigenvalue weighted by Gasteiger charge is -2.04.